The molecule has 0 spiro atoms. The van der Waals surface area contributed by atoms with E-state index in [2.05, 4.69) is 4.90 Å². The molecule has 1 amide bonds. The first kappa shape index (κ1) is 20.8. The summed E-state index contributed by atoms with van der Waals surface area (Å²) in [6.45, 7) is 0.693. The van der Waals surface area contributed by atoms with E-state index in [9.17, 15) is 17.6 Å². The van der Waals surface area contributed by atoms with Crippen LogP contribution in [0.4, 0.5) is 4.39 Å². The molecule has 29 heavy (non-hydrogen) atoms. The zero-order valence-corrected chi connectivity index (χ0v) is 17.7. The van der Waals surface area contributed by atoms with Crippen molar-refractivity contribution in [2.24, 2.45) is 5.92 Å². The highest BCUT2D eigenvalue weighted by molar-refractivity contribution is 7.89. The molecule has 1 saturated heterocycles. The number of rotatable bonds is 5. The number of sulfonamides is 1. The van der Waals surface area contributed by atoms with Gasteiger partial charge in [-0.15, -0.1) is 0 Å². The molecule has 2 saturated carbocycles. The van der Waals surface area contributed by atoms with Crippen LogP contribution in [0.5, 0.6) is 0 Å². The van der Waals surface area contributed by atoms with E-state index < -0.39 is 15.8 Å². The van der Waals surface area contributed by atoms with Gasteiger partial charge in [-0.05, 0) is 62.8 Å². The monoisotopic (exact) mass is 422 g/mol. The average Bonchev–Trinajstić information content (AvgIpc) is 3.43. The van der Waals surface area contributed by atoms with Crippen LogP contribution in [-0.2, 0) is 14.8 Å². The van der Waals surface area contributed by atoms with Gasteiger partial charge in [0.1, 0.15) is 5.82 Å². The lowest BCUT2D eigenvalue weighted by molar-refractivity contribution is -0.141. The largest absolute Gasteiger partial charge is 0.336 e. The van der Waals surface area contributed by atoms with Gasteiger partial charge in [0, 0.05) is 31.1 Å². The van der Waals surface area contributed by atoms with E-state index in [-0.39, 0.29) is 16.7 Å². The third-order valence-corrected chi connectivity index (χ3v) is 8.86. The summed E-state index contributed by atoms with van der Waals surface area (Å²) in [4.78, 5) is 15.8. The molecule has 0 unspecified atom stereocenters. The average molecular weight is 423 g/mol. The van der Waals surface area contributed by atoms with Crippen LogP contribution in [0.2, 0.25) is 0 Å². The highest BCUT2D eigenvalue weighted by atomic mass is 32.2. The molecule has 1 aromatic rings. The Morgan fingerprint density at radius 1 is 0.862 bits per heavy atom. The van der Waals surface area contributed by atoms with Crippen LogP contribution in [0, 0.1) is 11.7 Å². The summed E-state index contributed by atoms with van der Waals surface area (Å²) < 4.78 is 40.3. The van der Waals surface area contributed by atoms with Gasteiger partial charge >= 0.3 is 0 Å². The second-order valence-corrected chi connectivity index (χ2v) is 10.7. The number of halogens is 1. The third kappa shape index (κ3) is 4.36. The topological polar surface area (TPSA) is 57.7 Å². The molecule has 0 atom stereocenters. The minimum atomic E-state index is -3.64. The number of piperidine rings is 1. The summed E-state index contributed by atoms with van der Waals surface area (Å²) in [6.07, 6.45) is 10.4. The highest BCUT2D eigenvalue weighted by Gasteiger charge is 2.39. The molecule has 160 valence electrons. The quantitative estimate of drug-likeness (QED) is 0.722. The van der Waals surface area contributed by atoms with Gasteiger partial charge in [-0.1, -0.05) is 25.7 Å². The number of amides is 1. The highest BCUT2D eigenvalue weighted by Crippen LogP contribution is 2.35. The fourth-order valence-electron chi connectivity index (χ4n) is 5.33. The molecule has 0 radical (unpaired) electrons. The van der Waals surface area contributed by atoms with E-state index in [4.69, 9.17) is 0 Å². The van der Waals surface area contributed by atoms with Crippen molar-refractivity contribution >= 4 is 15.9 Å². The van der Waals surface area contributed by atoms with Gasteiger partial charge in [-0.2, -0.15) is 4.31 Å². The molecular weight excluding hydrogens is 391 g/mol. The zero-order chi connectivity index (χ0) is 20.4. The Morgan fingerprint density at radius 2 is 1.34 bits per heavy atom. The van der Waals surface area contributed by atoms with Crippen LogP contribution in [0.1, 0.15) is 64.2 Å². The first-order valence-corrected chi connectivity index (χ1v) is 12.5. The summed E-state index contributed by atoms with van der Waals surface area (Å²) in [5.41, 5.74) is 0. The van der Waals surface area contributed by atoms with E-state index in [0.717, 1.165) is 25.7 Å². The van der Waals surface area contributed by atoms with Crippen LogP contribution >= 0.6 is 0 Å². The molecule has 0 aromatic heterocycles. The van der Waals surface area contributed by atoms with Crippen LogP contribution in [0.25, 0.3) is 0 Å². The molecule has 2 aliphatic carbocycles. The van der Waals surface area contributed by atoms with Crippen molar-refractivity contribution < 1.29 is 17.6 Å². The minimum Gasteiger partial charge on any atom is -0.336 e. The number of hydrogen-bond donors (Lipinski definition) is 0. The summed E-state index contributed by atoms with van der Waals surface area (Å²) in [5.74, 6) is -0.286. The lowest BCUT2D eigenvalue weighted by Gasteiger charge is -2.39. The summed E-state index contributed by atoms with van der Waals surface area (Å²) in [7, 11) is -3.64. The molecule has 4 rings (SSSR count). The molecule has 3 fully saturated rings. The van der Waals surface area contributed by atoms with E-state index in [1.54, 1.807) is 0 Å². The maximum Gasteiger partial charge on any atom is 0.243 e. The maximum absolute atomic E-state index is 13.5. The number of carbonyl (C=O) groups excluding carboxylic acids is 1. The van der Waals surface area contributed by atoms with Gasteiger partial charge < -0.3 is 4.90 Å². The molecular formula is C22H31FN2O3S. The van der Waals surface area contributed by atoms with Crippen molar-refractivity contribution in [3.05, 3.63) is 30.1 Å². The summed E-state index contributed by atoms with van der Waals surface area (Å²) >= 11 is 0. The molecule has 0 N–H and O–H groups in total. The number of benzene rings is 1. The van der Waals surface area contributed by atoms with Gasteiger partial charge in [0.2, 0.25) is 15.9 Å². The van der Waals surface area contributed by atoms with Crippen molar-refractivity contribution in [3.8, 4) is 0 Å². The SMILES string of the molecule is O=C(C1CCN(S(=O)(=O)c2ccc(F)cc2)CC1)N(C1CCCC1)C1CCCC1. The third-order valence-electron chi connectivity index (χ3n) is 6.95. The fourth-order valence-corrected chi connectivity index (χ4v) is 6.80. The molecule has 1 heterocycles. The first-order chi connectivity index (χ1) is 14.0. The van der Waals surface area contributed by atoms with E-state index in [0.29, 0.717) is 38.0 Å². The van der Waals surface area contributed by atoms with Crippen molar-refractivity contribution in [1.82, 2.24) is 9.21 Å². The van der Waals surface area contributed by atoms with Crippen LogP contribution in [0.3, 0.4) is 0 Å². The van der Waals surface area contributed by atoms with Gasteiger partial charge in [0.05, 0.1) is 4.90 Å². The molecule has 3 aliphatic rings. The van der Waals surface area contributed by atoms with E-state index >= 15 is 0 Å². The lowest BCUT2D eigenvalue weighted by atomic mass is 9.94. The smallest absolute Gasteiger partial charge is 0.243 e. The van der Waals surface area contributed by atoms with Gasteiger partial charge in [-0.3, -0.25) is 4.79 Å². The van der Waals surface area contributed by atoms with Crippen molar-refractivity contribution in [2.45, 2.75) is 81.2 Å². The van der Waals surface area contributed by atoms with Crippen LogP contribution < -0.4 is 0 Å². The molecule has 7 heteroatoms. The van der Waals surface area contributed by atoms with Crippen LogP contribution in [-0.4, -0.2) is 48.7 Å². The fraction of sp³-hybridized carbons (Fsp3) is 0.682. The molecule has 0 bridgehead atoms. The number of carbonyl (C=O) groups is 1. The Hall–Kier alpha value is -1.47. The van der Waals surface area contributed by atoms with Crippen LogP contribution in [0.15, 0.2) is 29.2 Å². The predicted molar refractivity (Wildman–Crippen MR) is 109 cm³/mol. The van der Waals surface area contributed by atoms with Crippen molar-refractivity contribution in [1.29, 1.82) is 0 Å². The Labute approximate surface area is 173 Å². The Kier molecular flexibility index (Phi) is 6.25. The Morgan fingerprint density at radius 3 is 1.83 bits per heavy atom. The first-order valence-electron chi connectivity index (χ1n) is 11.0. The van der Waals surface area contributed by atoms with Gasteiger partial charge in [-0.25, -0.2) is 12.8 Å². The molecule has 5 nitrogen and oxygen atoms in total. The van der Waals surface area contributed by atoms with Gasteiger partial charge in [0.25, 0.3) is 0 Å². The second-order valence-electron chi connectivity index (χ2n) is 8.75. The molecule has 1 aromatic carbocycles. The summed E-state index contributed by atoms with van der Waals surface area (Å²) in [5, 5.41) is 0. The van der Waals surface area contributed by atoms with Gasteiger partial charge in [0.15, 0.2) is 0 Å². The summed E-state index contributed by atoms with van der Waals surface area (Å²) in [6, 6.07) is 5.72. The second kappa shape index (κ2) is 8.72. The standard InChI is InChI=1S/C22H31FN2O3S/c23-18-9-11-21(12-10-18)29(27,28)24-15-13-17(14-16-24)22(26)25(19-5-1-2-6-19)20-7-3-4-8-20/h9-12,17,19-20H,1-8,13-16H2. The predicted octanol–water partition coefficient (Wildman–Crippen LogP) is 3.94. The number of hydrogen-bond acceptors (Lipinski definition) is 3. The number of nitrogens with zero attached hydrogens (tertiary/aromatic N) is 2. The molecule has 1 aliphatic heterocycles. The zero-order valence-electron chi connectivity index (χ0n) is 16.9. The normalized spacial score (nSPS) is 22.9. The maximum atomic E-state index is 13.5. The minimum absolute atomic E-state index is 0.0872. The van der Waals surface area contributed by atoms with Crippen molar-refractivity contribution in [2.75, 3.05) is 13.1 Å². The Balaban J connectivity index is 1.42. The van der Waals surface area contributed by atoms with E-state index in [1.807, 2.05) is 0 Å². The lowest BCUT2D eigenvalue weighted by Crippen LogP contribution is -2.50. The van der Waals surface area contributed by atoms with E-state index in [1.165, 1.54) is 54.3 Å². The van der Waals surface area contributed by atoms with Crippen molar-refractivity contribution in [3.63, 3.8) is 0 Å². The Bertz CT molecular complexity index is 791.